The number of piperidine rings is 1. The first kappa shape index (κ1) is 24.1. The van der Waals surface area contributed by atoms with Gasteiger partial charge in [-0.05, 0) is 93.0 Å². The molecule has 1 saturated heterocycles. The van der Waals surface area contributed by atoms with E-state index in [0.29, 0.717) is 23.1 Å². The van der Waals surface area contributed by atoms with Crippen LogP contribution in [0.2, 0.25) is 0 Å². The molecule has 186 valence electrons. The number of unbranched alkanes of at least 4 members (excludes halogenated alkanes) is 1. The Morgan fingerprint density at radius 1 is 0.944 bits per heavy atom. The van der Waals surface area contributed by atoms with E-state index in [9.17, 15) is 4.79 Å². The molecule has 4 aromatic rings. The summed E-state index contributed by atoms with van der Waals surface area (Å²) in [5, 5.41) is 1.01. The van der Waals surface area contributed by atoms with Crippen molar-refractivity contribution in [2.45, 2.75) is 38.0 Å². The maximum Gasteiger partial charge on any atom is 0.344 e. The Labute approximate surface area is 213 Å². The minimum Gasteiger partial charge on any atom is -0.497 e. The van der Waals surface area contributed by atoms with E-state index in [4.69, 9.17) is 9.47 Å². The lowest BCUT2D eigenvalue weighted by atomic mass is 9.89. The van der Waals surface area contributed by atoms with Gasteiger partial charge in [-0.25, -0.2) is 4.79 Å². The summed E-state index contributed by atoms with van der Waals surface area (Å²) in [7, 11) is 1.63. The van der Waals surface area contributed by atoms with Crippen molar-refractivity contribution < 1.29 is 14.3 Å². The topological polar surface area (TPSA) is 54.6 Å². The quantitative estimate of drug-likeness (QED) is 0.216. The van der Waals surface area contributed by atoms with Crippen molar-refractivity contribution in [1.82, 2.24) is 9.88 Å². The molecule has 5 nitrogen and oxygen atoms in total. The van der Waals surface area contributed by atoms with E-state index in [1.54, 1.807) is 13.2 Å². The van der Waals surface area contributed by atoms with Crippen LogP contribution in [0.15, 0.2) is 78.9 Å². The largest absolute Gasteiger partial charge is 0.497 e. The lowest BCUT2D eigenvalue weighted by Crippen LogP contribution is -2.33. The monoisotopic (exact) mass is 482 g/mol. The molecule has 5 heteroatoms. The van der Waals surface area contributed by atoms with Crippen molar-refractivity contribution in [1.29, 1.82) is 0 Å². The van der Waals surface area contributed by atoms with Gasteiger partial charge in [0.25, 0.3) is 0 Å². The van der Waals surface area contributed by atoms with Gasteiger partial charge in [-0.1, -0.05) is 48.5 Å². The van der Waals surface area contributed by atoms with E-state index < -0.39 is 0 Å². The molecule has 0 saturated carbocycles. The van der Waals surface area contributed by atoms with E-state index in [1.807, 2.05) is 42.5 Å². The van der Waals surface area contributed by atoms with Crippen LogP contribution in [0.4, 0.5) is 0 Å². The summed E-state index contributed by atoms with van der Waals surface area (Å²) in [5.41, 5.74) is 4.02. The third kappa shape index (κ3) is 5.97. The predicted molar refractivity (Wildman–Crippen MR) is 144 cm³/mol. The fourth-order valence-corrected chi connectivity index (χ4v) is 5.18. The summed E-state index contributed by atoms with van der Waals surface area (Å²) in [4.78, 5) is 18.6. The number of H-pyrrole nitrogens is 1. The normalized spacial score (nSPS) is 14.7. The molecule has 3 aromatic carbocycles. The number of likely N-dealkylation sites (tertiary alicyclic amines) is 1. The van der Waals surface area contributed by atoms with Crippen LogP contribution in [0.1, 0.15) is 53.1 Å². The van der Waals surface area contributed by atoms with Gasteiger partial charge in [0.15, 0.2) is 0 Å². The van der Waals surface area contributed by atoms with Crippen LogP contribution < -0.4 is 9.47 Å². The Hall–Kier alpha value is -3.57. The van der Waals surface area contributed by atoms with Crippen molar-refractivity contribution in [2.75, 3.05) is 26.7 Å². The summed E-state index contributed by atoms with van der Waals surface area (Å²) in [6.07, 6.45) is 5.60. The number of hydrogen-bond donors (Lipinski definition) is 1. The summed E-state index contributed by atoms with van der Waals surface area (Å²) < 4.78 is 11.1. The number of rotatable bonds is 9. The first-order chi connectivity index (χ1) is 17.7. The minimum atomic E-state index is -0.386. The van der Waals surface area contributed by atoms with E-state index >= 15 is 0 Å². The molecule has 1 aromatic heterocycles. The number of aryl methyl sites for hydroxylation is 1. The maximum atomic E-state index is 12.9. The van der Waals surface area contributed by atoms with Crippen molar-refractivity contribution in [3.63, 3.8) is 0 Å². The number of ether oxygens (including phenoxy) is 2. The fraction of sp³-hybridized carbons (Fsp3) is 0.323. The number of carbonyl (C=O) groups is 1. The maximum absolute atomic E-state index is 12.9. The number of hydrogen-bond acceptors (Lipinski definition) is 4. The van der Waals surface area contributed by atoms with Gasteiger partial charge in [-0.3, -0.25) is 0 Å². The molecule has 1 aliphatic rings. The molecular weight excluding hydrogens is 448 g/mol. The number of carbonyl (C=O) groups excluding carboxylic acids is 1. The number of nitrogens with one attached hydrogen (secondary N) is 1. The van der Waals surface area contributed by atoms with Gasteiger partial charge in [0.05, 0.1) is 12.7 Å². The first-order valence-corrected chi connectivity index (χ1v) is 12.9. The van der Waals surface area contributed by atoms with Crippen molar-refractivity contribution in [3.05, 3.63) is 95.6 Å². The number of para-hydroxylation sites is 1. The highest BCUT2D eigenvalue weighted by molar-refractivity contribution is 5.92. The predicted octanol–water partition coefficient (Wildman–Crippen LogP) is 6.60. The average Bonchev–Trinajstić information content (AvgIpc) is 3.34. The first-order valence-electron chi connectivity index (χ1n) is 12.9. The van der Waals surface area contributed by atoms with Gasteiger partial charge >= 0.3 is 5.97 Å². The Kier molecular flexibility index (Phi) is 7.67. The summed E-state index contributed by atoms with van der Waals surface area (Å²) in [6, 6.07) is 26.3. The standard InChI is InChI=1S/C31H34N2O3/c1-35-28-20-23(9-7-8-16-33-17-14-25(15-18-33)24-10-3-2-4-11-24)19-27(21-28)31(34)36-30-22-26-12-5-6-13-29(26)32-30/h2-6,10-13,19-22,25,32H,7-9,14-18H2,1H3. The van der Waals surface area contributed by atoms with Crippen molar-refractivity contribution in [2.24, 2.45) is 0 Å². The Morgan fingerprint density at radius 3 is 2.50 bits per heavy atom. The molecule has 2 heterocycles. The highest BCUT2D eigenvalue weighted by Gasteiger charge is 2.20. The van der Waals surface area contributed by atoms with Gasteiger partial charge in [0.2, 0.25) is 5.88 Å². The van der Waals surface area contributed by atoms with E-state index in [0.717, 1.165) is 42.3 Å². The van der Waals surface area contributed by atoms with Crippen LogP contribution in [0.5, 0.6) is 11.6 Å². The van der Waals surface area contributed by atoms with E-state index in [2.05, 4.69) is 40.2 Å². The van der Waals surface area contributed by atoms with Crippen LogP contribution in [0, 0.1) is 0 Å². The third-order valence-corrected chi connectivity index (χ3v) is 7.19. The summed E-state index contributed by atoms with van der Waals surface area (Å²) in [6.45, 7) is 3.46. The highest BCUT2D eigenvalue weighted by Crippen LogP contribution is 2.28. The second-order valence-electron chi connectivity index (χ2n) is 9.66. The molecule has 0 bridgehead atoms. The molecule has 1 aliphatic heterocycles. The Bertz CT molecular complexity index is 1260. The van der Waals surface area contributed by atoms with Crippen molar-refractivity contribution >= 4 is 16.9 Å². The molecule has 0 unspecified atom stereocenters. The number of esters is 1. The summed E-state index contributed by atoms with van der Waals surface area (Å²) >= 11 is 0. The van der Waals surface area contributed by atoms with Crippen LogP contribution >= 0.6 is 0 Å². The Balaban J connectivity index is 1.12. The zero-order valence-electron chi connectivity index (χ0n) is 20.9. The fourth-order valence-electron chi connectivity index (χ4n) is 5.18. The van der Waals surface area contributed by atoms with Gasteiger partial charge in [0, 0.05) is 17.0 Å². The average molecular weight is 483 g/mol. The van der Waals surface area contributed by atoms with E-state index in [-0.39, 0.29) is 5.97 Å². The van der Waals surface area contributed by atoms with Crippen LogP contribution in [0.3, 0.4) is 0 Å². The second-order valence-corrected chi connectivity index (χ2v) is 9.66. The summed E-state index contributed by atoms with van der Waals surface area (Å²) in [5.74, 6) is 1.44. The van der Waals surface area contributed by atoms with Gasteiger partial charge < -0.3 is 19.4 Å². The number of nitrogens with zero attached hydrogens (tertiary/aromatic N) is 1. The Morgan fingerprint density at radius 2 is 1.72 bits per heavy atom. The molecule has 0 aliphatic carbocycles. The third-order valence-electron chi connectivity index (χ3n) is 7.19. The highest BCUT2D eigenvalue weighted by atomic mass is 16.5. The lowest BCUT2D eigenvalue weighted by molar-refractivity contribution is 0.0728. The van der Waals surface area contributed by atoms with Gasteiger partial charge in [0.1, 0.15) is 5.75 Å². The molecule has 1 N–H and O–H groups in total. The van der Waals surface area contributed by atoms with Crippen LogP contribution in [-0.4, -0.2) is 42.6 Å². The molecule has 0 spiro atoms. The minimum absolute atomic E-state index is 0.386. The molecule has 1 fully saturated rings. The SMILES string of the molecule is COc1cc(CCCCN2CCC(c3ccccc3)CC2)cc(C(=O)Oc2cc3ccccc3[nH]2)c1. The second kappa shape index (κ2) is 11.4. The van der Waals surface area contributed by atoms with E-state index in [1.165, 1.54) is 31.5 Å². The molecule has 36 heavy (non-hydrogen) atoms. The lowest BCUT2D eigenvalue weighted by Gasteiger charge is -2.32. The number of benzene rings is 3. The smallest absolute Gasteiger partial charge is 0.344 e. The number of aromatic nitrogens is 1. The van der Waals surface area contributed by atoms with Gasteiger partial charge in [-0.2, -0.15) is 0 Å². The number of fused-ring (bicyclic) bond motifs is 1. The van der Waals surface area contributed by atoms with Gasteiger partial charge in [-0.15, -0.1) is 0 Å². The molecular formula is C31H34N2O3. The molecule has 0 radical (unpaired) electrons. The molecule has 5 rings (SSSR count). The zero-order valence-corrected chi connectivity index (χ0v) is 20.9. The number of aromatic amines is 1. The van der Waals surface area contributed by atoms with Crippen molar-refractivity contribution in [3.8, 4) is 11.6 Å². The molecule has 0 atom stereocenters. The van der Waals surface area contributed by atoms with Crippen LogP contribution in [0.25, 0.3) is 10.9 Å². The number of methoxy groups -OCH3 is 1. The molecule has 0 amide bonds. The van der Waals surface area contributed by atoms with Crippen LogP contribution in [-0.2, 0) is 6.42 Å². The zero-order chi connectivity index (χ0) is 24.7.